The SMILES string of the molecule is CC1=C(C(=O)OCCOc2ccccc2)C(c2ccccc2OC(F)F)C([N+](=O)[O-])=C(C)N1. The molecule has 1 N–H and O–H groups in total. The standard InChI is InChI=1S/C23H22F2N2O6/c1-14-19(22(28)32-13-12-31-16-8-4-3-5-9-16)20(21(27(29)30)15(2)26-14)17-10-6-7-11-18(17)33-23(24)25/h3-11,20,23,26H,12-13H2,1-2H3. The van der Waals surface area contributed by atoms with Crippen LogP contribution in [0.4, 0.5) is 8.78 Å². The largest absolute Gasteiger partial charge is 0.490 e. The van der Waals surface area contributed by atoms with Crippen LogP contribution in [-0.4, -0.2) is 30.7 Å². The molecular weight excluding hydrogens is 438 g/mol. The van der Waals surface area contributed by atoms with Gasteiger partial charge in [0.05, 0.1) is 16.2 Å². The molecule has 33 heavy (non-hydrogen) atoms. The Morgan fingerprint density at radius 3 is 2.39 bits per heavy atom. The molecule has 10 heteroatoms. The Morgan fingerprint density at radius 2 is 1.73 bits per heavy atom. The maximum atomic E-state index is 13.0. The highest BCUT2D eigenvalue weighted by atomic mass is 19.3. The maximum absolute atomic E-state index is 13.0. The highest BCUT2D eigenvalue weighted by Gasteiger charge is 2.42. The maximum Gasteiger partial charge on any atom is 0.387 e. The number of dihydropyridines is 1. The van der Waals surface area contributed by atoms with E-state index in [0.717, 1.165) is 0 Å². The van der Waals surface area contributed by atoms with Gasteiger partial charge in [-0.15, -0.1) is 0 Å². The average Bonchev–Trinajstić information content (AvgIpc) is 2.76. The van der Waals surface area contributed by atoms with E-state index in [1.54, 1.807) is 31.2 Å². The molecule has 1 aliphatic heterocycles. The summed E-state index contributed by atoms with van der Waals surface area (Å²) in [5.74, 6) is -1.79. The number of allylic oxidation sites excluding steroid dienone is 3. The number of esters is 1. The number of para-hydroxylation sites is 2. The van der Waals surface area contributed by atoms with Crippen LogP contribution in [0.1, 0.15) is 25.3 Å². The van der Waals surface area contributed by atoms with Crippen molar-refractivity contribution in [2.24, 2.45) is 0 Å². The quantitative estimate of drug-likeness (QED) is 0.257. The summed E-state index contributed by atoms with van der Waals surface area (Å²) in [5, 5.41) is 14.7. The van der Waals surface area contributed by atoms with Gasteiger partial charge in [-0.1, -0.05) is 36.4 Å². The van der Waals surface area contributed by atoms with Crippen molar-refractivity contribution in [1.82, 2.24) is 5.32 Å². The smallest absolute Gasteiger partial charge is 0.387 e. The van der Waals surface area contributed by atoms with E-state index >= 15 is 0 Å². The highest BCUT2D eigenvalue weighted by molar-refractivity contribution is 5.92. The molecule has 1 unspecified atom stereocenters. The van der Waals surface area contributed by atoms with Gasteiger partial charge in [-0.3, -0.25) is 10.1 Å². The zero-order valence-corrected chi connectivity index (χ0v) is 17.9. The number of nitro groups is 1. The first-order valence-electron chi connectivity index (χ1n) is 10.0. The van der Waals surface area contributed by atoms with E-state index < -0.39 is 23.4 Å². The molecule has 2 aromatic carbocycles. The summed E-state index contributed by atoms with van der Waals surface area (Å²) in [6.45, 7) is -0.180. The molecule has 0 saturated carbocycles. The molecule has 0 aliphatic carbocycles. The van der Waals surface area contributed by atoms with Gasteiger partial charge in [0.1, 0.15) is 30.6 Å². The Balaban J connectivity index is 1.89. The van der Waals surface area contributed by atoms with Crippen LogP contribution in [0.3, 0.4) is 0 Å². The van der Waals surface area contributed by atoms with Crippen LogP contribution >= 0.6 is 0 Å². The number of halogens is 2. The number of benzene rings is 2. The minimum absolute atomic E-state index is 0.0529. The zero-order chi connectivity index (χ0) is 24.0. The molecule has 174 valence electrons. The number of hydrogen-bond donors (Lipinski definition) is 1. The number of nitrogens with one attached hydrogen (secondary N) is 1. The third-order valence-electron chi connectivity index (χ3n) is 4.92. The lowest BCUT2D eigenvalue weighted by atomic mass is 9.83. The highest BCUT2D eigenvalue weighted by Crippen LogP contribution is 2.42. The Hall–Kier alpha value is -3.95. The average molecular weight is 460 g/mol. The minimum Gasteiger partial charge on any atom is -0.490 e. The topological polar surface area (TPSA) is 99.9 Å². The molecule has 1 atom stereocenters. The lowest BCUT2D eigenvalue weighted by Gasteiger charge is -2.27. The Kier molecular flexibility index (Phi) is 7.60. The van der Waals surface area contributed by atoms with Crippen LogP contribution < -0.4 is 14.8 Å². The molecule has 2 aromatic rings. The Morgan fingerprint density at radius 1 is 1.06 bits per heavy atom. The molecule has 0 radical (unpaired) electrons. The molecule has 0 bridgehead atoms. The molecule has 8 nitrogen and oxygen atoms in total. The van der Waals surface area contributed by atoms with E-state index in [1.165, 1.54) is 31.2 Å². The number of rotatable bonds is 9. The number of carbonyl (C=O) groups excluding carboxylic acids is 1. The van der Waals surface area contributed by atoms with Gasteiger partial charge < -0.3 is 19.5 Å². The summed E-state index contributed by atoms with van der Waals surface area (Å²) in [7, 11) is 0. The zero-order valence-electron chi connectivity index (χ0n) is 17.9. The molecule has 0 amide bonds. The first-order valence-corrected chi connectivity index (χ1v) is 10.0. The van der Waals surface area contributed by atoms with Crippen molar-refractivity contribution in [3.8, 4) is 11.5 Å². The van der Waals surface area contributed by atoms with Crippen LogP contribution in [0.15, 0.2) is 77.3 Å². The third kappa shape index (κ3) is 5.65. The second-order valence-corrected chi connectivity index (χ2v) is 7.08. The molecule has 0 spiro atoms. The van der Waals surface area contributed by atoms with Gasteiger partial charge in [0.15, 0.2) is 0 Å². The molecular formula is C23H22F2N2O6. The Bertz CT molecular complexity index is 1090. The van der Waals surface area contributed by atoms with E-state index in [4.69, 9.17) is 9.47 Å². The van der Waals surface area contributed by atoms with Crippen LogP contribution in [0.25, 0.3) is 0 Å². The minimum atomic E-state index is -3.15. The molecule has 0 saturated heterocycles. The van der Waals surface area contributed by atoms with Crippen molar-refractivity contribution in [2.45, 2.75) is 26.4 Å². The van der Waals surface area contributed by atoms with Crippen molar-refractivity contribution < 1.29 is 32.7 Å². The molecule has 0 fully saturated rings. The van der Waals surface area contributed by atoms with Crippen molar-refractivity contribution in [2.75, 3.05) is 13.2 Å². The van der Waals surface area contributed by atoms with E-state index in [0.29, 0.717) is 11.4 Å². The van der Waals surface area contributed by atoms with Crippen molar-refractivity contribution in [3.63, 3.8) is 0 Å². The molecule has 0 aromatic heterocycles. The molecule has 3 rings (SSSR count). The number of ether oxygens (including phenoxy) is 3. The van der Waals surface area contributed by atoms with Gasteiger partial charge in [0.25, 0.3) is 5.70 Å². The number of carbonyl (C=O) groups is 1. The Labute approximate surface area is 188 Å². The van der Waals surface area contributed by atoms with Crippen molar-refractivity contribution >= 4 is 5.97 Å². The number of nitrogens with zero attached hydrogens (tertiary/aromatic N) is 1. The number of hydrogen-bond acceptors (Lipinski definition) is 7. The summed E-state index contributed by atoms with van der Waals surface area (Å²) in [6.07, 6.45) is 0. The van der Waals surface area contributed by atoms with E-state index in [-0.39, 0.29) is 41.5 Å². The van der Waals surface area contributed by atoms with Gasteiger partial charge in [0.2, 0.25) is 0 Å². The normalized spacial score (nSPS) is 15.8. The lowest BCUT2D eigenvalue weighted by molar-refractivity contribution is -0.431. The number of alkyl halides is 2. The van der Waals surface area contributed by atoms with Crippen LogP contribution in [-0.2, 0) is 9.53 Å². The molecule has 1 aliphatic rings. The fourth-order valence-corrected chi connectivity index (χ4v) is 3.61. The van der Waals surface area contributed by atoms with Crippen LogP contribution in [0, 0.1) is 10.1 Å². The van der Waals surface area contributed by atoms with Gasteiger partial charge in [0, 0.05) is 11.3 Å². The summed E-state index contributed by atoms with van der Waals surface area (Å²) >= 11 is 0. The molecule has 1 heterocycles. The summed E-state index contributed by atoms with van der Waals surface area (Å²) in [6, 6.07) is 14.6. The fourth-order valence-electron chi connectivity index (χ4n) is 3.61. The van der Waals surface area contributed by atoms with Crippen molar-refractivity contribution in [1.29, 1.82) is 0 Å². The van der Waals surface area contributed by atoms with E-state index in [9.17, 15) is 23.7 Å². The third-order valence-corrected chi connectivity index (χ3v) is 4.92. The second-order valence-electron chi connectivity index (χ2n) is 7.08. The van der Waals surface area contributed by atoms with Gasteiger partial charge in [-0.25, -0.2) is 4.79 Å². The first kappa shape index (κ1) is 23.7. The van der Waals surface area contributed by atoms with E-state index in [2.05, 4.69) is 10.1 Å². The van der Waals surface area contributed by atoms with Crippen LogP contribution in [0.5, 0.6) is 11.5 Å². The van der Waals surface area contributed by atoms with E-state index in [1.807, 2.05) is 6.07 Å². The summed E-state index contributed by atoms with van der Waals surface area (Å²) < 4.78 is 41.3. The predicted molar refractivity (Wildman–Crippen MR) is 114 cm³/mol. The van der Waals surface area contributed by atoms with Gasteiger partial charge in [-0.2, -0.15) is 8.78 Å². The second kappa shape index (κ2) is 10.6. The predicted octanol–water partition coefficient (Wildman–Crippen LogP) is 4.38. The van der Waals surface area contributed by atoms with Crippen LogP contribution in [0.2, 0.25) is 0 Å². The van der Waals surface area contributed by atoms with Gasteiger partial charge in [-0.05, 0) is 32.0 Å². The fraction of sp³-hybridized carbons (Fsp3) is 0.261. The summed E-state index contributed by atoms with van der Waals surface area (Å²) in [4.78, 5) is 24.3. The lowest BCUT2D eigenvalue weighted by Crippen LogP contribution is -2.32. The monoisotopic (exact) mass is 460 g/mol. The van der Waals surface area contributed by atoms with Crippen molar-refractivity contribution in [3.05, 3.63) is 92.9 Å². The van der Waals surface area contributed by atoms with Gasteiger partial charge >= 0.3 is 12.6 Å². The first-order chi connectivity index (χ1) is 15.8. The summed E-state index contributed by atoms with van der Waals surface area (Å²) in [5.41, 5.74) is 0.107.